The van der Waals surface area contributed by atoms with E-state index in [4.69, 9.17) is 4.74 Å². The van der Waals surface area contributed by atoms with E-state index in [0.717, 1.165) is 19.0 Å². The zero-order chi connectivity index (χ0) is 15.1. The number of likely N-dealkylation sites (N-methyl/N-ethyl adjacent to an activating group) is 1. The van der Waals surface area contributed by atoms with Crippen LogP contribution in [-0.4, -0.2) is 37.4 Å². The molecular formula is C18H27NO2. The molecule has 0 radical (unpaired) electrons. The first kappa shape index (κ1) is 16.0. The number of carbonyl (C=O) groups is 1. The predicted molar refractivity (Wildman–Crippen MR) is 86.0 cm³/mol. The SMILES string of the molecule is CC(=O)c1ccccc1OCCN(C)CC1CCCCC1. The summed E-state index contributed by atoms with van der Waals surface area (Å²) in [6.07, 6.45) is 6.93. The number of rotatable bonds is 7. The van der Waals surface area contributed by atoms with Gasteiger partial charge in [-0.1, -0.05) is 31.4 Å². The maximum absolute atomic E-state index is 11.5. The normalized spacial score (nSPS) is 16.1. The van der Waals surface area contributed by atoms with Crippen LogP contribution in [0.1, 0.15) is 49.4 Å². The lowest BCUT2D eigenvalue weighted by atomic mass is 9.89. The van der Waals surface area contributed by atoms with Crippen LogP contribution in [0.2, 0.25) is 0 Å². The van der Waals surface area contributed by atoms with Gasteiger partial charge in [0.25, 0.3) is 0 Å². The van der Waals surface area contributed by atoms with Gasteiger partial charge in [0.1, 0.15) is 12.4 Å². The van der Waals surface area contributed by atoms with Gasteiger partial charge in [-0.05, 0) is 44.9 Å². The van der Waals surface area contributed by atoms with Crippen molar-refractivity contribution in [1.29, 1.82) is 0 Å². The Bertz CT molecular complexity index is 452. The number of hydrogen-bond donors (Lipinski definition) is 0. The van der Waals surface area contributed by atoms with Crippen LogP contribution < -0.4 is 4.74 Å². The molecule has 3 heteroatoms. The summed E-state index contributed by atoms with van der Waals surface area (Å²) in [6, 6.07) is 7.48. The number of Topliss-reactive ketones (excluding diaryl/α,β-unsaturated/α-hetero) is 1. The van der Waals surface area contributed by atoms with Gasteiger partial charge < -0.3 is 9.64 Å². The van der Waals surface area contributed by atoms with Crippen LogP contribution in [0.5, 0.6) is 5.75 Å². The minimum atomic E-state index is 0.0566. The van der Waals surface area contributed by atoms with E-state index in [1.54, 1.807) is 6.92 Å². The molecule has 0 bridgehead atoms. The van der Waals surface area contributed by atoms with E-state index in [2.05, 4.69) is 11.9 Å². The zero-order valence-corrected chi connectivity index (χ0v) is 13.3. The molecule has 0 heterocycles. The van der Waals surface area contributed by atoms with Gasteiger partial charge in [0.15, 0.2) is 5.78 Å². The summed E-state index contributed by atoms with van der Waals surface area (Å²) in [7, 11) is 2.16. The van der Waals surface area contributed by atoms with Gasteiger partial charge in [-0.25, -0.2) is 0 Å². The molecule has 1 saturated carbocycles. The summed E-state index contributed by atoms with van der Waals surface area (Å²) in [5.74, 6) is 1.62. The van der Waals surface area contributed by atoms with E-state index in [9.17, 15) is 4.79 Å². The van der Waals surface area contributed by atoms with Crippen LogP contribution in [0.3, 0.4) is 0 Å². The van der Waals surface area contributed by atoms with Crippen molar-refractivity contribution < 1.29 is 9.53 Å². The van der Waals surface area contributed by atoms with Gasteiger partial charge in [-0.15, -0.1) is 0 Å². The molecule has 1 aromatic carbocycles. The molecule has 116 valence electrons. The van der Waals surface area contributed by atoms with E-state index in [1.165, 1.54) is 32.1 Å². The number of hydrogen-bond acceptors (Lipinski definition) is 3. The molecule has 2 rings (SSSR count). The summed E-state index contributed by atoms with van der Waals surface area (Å²) < 4.78 is 5.80. The lowest BCUT2D eigenvalue weighted by molar-refractivity contribution is 0.101. The second-order valence-electron chi connectivity index (χ2n) is 6.17. The second-order valence-corrected chi connectivity index (χ2v) is 6.17. The third kappa shape index (κ3) is 5.16. The molecule has 0 aromatic heterocycles. The molecule has 0 N–H and O–H groups in total. The van der Waals surface area contributed by atoms with Crippen LogP contribution >= 0.6 is 0 Å². The Morgan fingerprint density at radius 3 is 2.67 bits per heavy atom. The van der Waals surface area contributed by atoms with Gasteiger partial charge in [-0.3, -0.25) is 4.79 Å². The van der Waals surface area contributed by atoms with Crippen molar-refractivity contribution >= 4 is 5.78 Å². The van der Waals surface area contributed by atoms with Crippen LogP contribution in [-0.2, 0) is 0 Å². The van der Waals surface area contributed by atoms with Crippen molar-refractivity contribution in [1.82, 2.24) is 4.90 Å². The van der Waals surface area contributed by atoms with Crippen LogP contribution in [0.15, 0.2) is 24.3 Å². The van der Waals surface area contributed by atoms with Crippen molar-refractivity contribution in [3.8, 4) is 5.75 Å². The van der Waals surface area contributed by atoms with Gasteiger partial charge in [0.2, 0.25) is 0 Å². The first-order valence-electron chi connectivity index (χ1n) is 8.08. The summed E-state index contributed by atoms with van der Waals surface area (Å²) >= 11 is 0. The molecular weight excluding hydrogens is 262 g/mol. The Hall–Kier alpha value is -1.35. The molecule has 1 aliphatic rings. The van der Waals surface area contributed by atoms with Gasteiger partial charge in [0.05, 0.1) is 5.56 Å². The molecule has 0 unspecified atom stereocenters. The van der Waals surface area contributed by atoms with Gasteiger partial charge in [0, 0.05) is 13.1 Å². The summed E-state index contributed by atoms with van der Waals surface area (Å²) in [4.78, 5) is 13.9. The molecule has 0 amide bonds. The molecule has 0 spiro atoms. The molecule has 21 heavy (non-hydrogen) atoms. The number of ketones is 1. The highest BCUT2D eigenvalue weighted by Crippen LogP contribution is 2.24. The highest BCUT2D eigenvalue weighted by molar-refractivity contribution is 5.96. The van der Waals surface area contributed by atoms with Gasteiger partial charge >= 0.3 is 0 Å². The second kappa shape index (κ2) is 8.18. The number of nitrogens with zero attached hydrogens (tertiary/aromatic N) is 1. The van der Waals surface area contributed by atoms with E-state index in [0.29, 0.717) is 17.9 Å². The maximum atomic E-state index is 11.5. The molecule has 0 aliphatic heterocycles. The minimum Gasteiger partial charge on any atom is -0.491 e. The summed E-state index contributed by atoms with van der Waals surface area (Å²) in [6.45, 7) is 4.28. The van der Waals surface area contributed by atoms with E-state index >= 15 is 0 Å². The van der Waals surface area contributed by atoms with Crippen molar-refractivity contribution in [3.63, 3.8) is 0 Å². The zero-order valence-electron chi connectivity index (χ0n) is 13.3. The average molecular weight is 289 g/mol. The van der Waals surface area contributed by atoms with Crippen LogP contribution in [0, 0.1) is 5.92 Å². The minimum absolute atomic E-state index is 0.0566. The smallest absolute Gasteiger partial charge is 0.163 e. The van der Waals surface area contributed by atoms with E-state index in [-0.39, 0.29) is 5.78 Å². The number of benzene rings is 1. The molecule has 3 nitrogen and oxygen atoms in total. The quantitative estimate of drug-likeness (QED) is 0.715. The molecule has 0 atom stereocenters. The van der Waals surface area contributed by atoms with Crippen molar-refractivity contribution in [2.75, 3.05) is 26.7 Å². The molecule has 1 aromatic rings. The highest BCUT2D eigenvalue weighted by Gasteiger charge is 2.15. The summed E-state index contributed by atoms with van der Waals surface area (Å²) in [5.41, 5.74) is 0.674. The Morgan fingerprint density at radius 1 is 1.24 bits per heavy atom. The Kier molecular flexibility index (Phi) is 6.24. The predicted octanol–water partition coefficient (Wildman–Crippen LogP) is 3.78. The van der Waals surface area contributed by atoms with Crippen molar-refractivity contribution in [2.45, 2.75) is 39.0 Å². The van der Waals surface area contributed by atoms with E-state index in [1.807, 2.05) is 24.3 Å². The lowest BCUT2D eigenvalue weighted by Gasteiger charge is -2.27. The number of para-hydroxylation sites is 1. The number of ether oxygens (including phenoxy) is 1. The van der Waals surface area contributed by atoms with Gasteiger partial charge in [-0.2, -0.15) is 0 Å². The number of carbonyl (C=O) groups excluding carboxylic acids is 1. The fourth-order valence-corrected chi connectivity index (χ4v) is 3.10. The Labute approximate surface area is 128 Å². The molecule has 1 aliphatic carbocycles. The van der Waals surface area contributed by atoms with Crippen LogP contribution in [0.25, 0.3) is 0 Å². The largest absolute Gasteiger partial charge is 0.491 e. The average Bonchev–Trinajstić information content (AvgIpc) is 2.48. The lowest BCUT2D eigenvalue weighted by Crippen LogP contribution is -2.30. The molecule has 0 saturated heterocycles. The third-order valence-electron chi connectivity index (χ3n) is 4.29. The van der Waals surface area contributed by atoms with Crippen LogP contribution in [0.4, 0.5) is 0 Å². The highest BCUT2D eigenvalue weighted by atomic mass is 16.5. The van der Waals surface area contributed by atoms with Crippen molar-refractivity contribution in [3.05, 3.63) is 29.8 Å². The first-order chi connectivity index (χ1) is 10.2. The molecule has 1 fully saturated rings. The fourth-order valence-electron chi connectivity index (χ4n) is 3.10. The van der Waals surface area contributed by atoms with E-state index < -0.39 is 0 Å². The first-order valence-corrected chi connectivity index (χ1v) is 8.08. The Balaban J connectivity index is 1.74. The fraction of sp³-hybridized carbons (Fsp3) is 0.611. The van der Waals surface area contributed by atoms with Crippen molar-refractivity contribution in [2.24, 2.45) is 5.92 Å². The monoisotopic (exact) mass is 289 g/mol. The third-order valence-corrected chi connectivity index (χ3v) is 4.29. The maximum Gasteiger partial charge on any atom is 0.163 e. The standard InChI is InChI=1S/C18H27NO2/c1-15(20)17-10-6-7-11-18(17)21-13-12-19(2)14-16-8-4-3-5-9-16/h6-7,10-11,16H,3-5,8-9,12-14H2,1-2H3. The summed E-state index contributed by atoms with van der Waals surface area (Å²) in [5, 5.41) is 0. The Morgan fingerprint density at radius 2 is 1.95 bits per heavy atom. The topological polar surface area (TPSA) is 29.5 Å².